The fraction of sp³-hybridized carbons (Fsp3) is 0.722. The number of aryl methyl sites for hydroxylation is 2. The SMILES string of the molecule is Cc1cc(C)n(CC(=O)N2CCO[C@](C)(C(=O)NC3CCCC3)C2)n1. The first-order valence-corrected chi connectivity index (χ1v) is 9.11. The Morgan fingerprint density at radius 3 is 2.72 bits per heavy atom. The number of hydrogen-bond acceptors (Lipinski definition) is 4. The lowest BCUT2D eigenvalue weighted by atomic mass is 10.0. The molecular formula is C18H28N4O3. The molecule has 138 valence electrons. The molecule has 1 atom stereocenters. The predicted molar refractivity (Wildman–Crippen MR) is 93.0 cm³/mol. The quantitative estimate of drug-likeness (QED) is 0.886. The van der Waals surface area contributed by atoms with E-state index in [1.165, 1.54) is 0 Å². The summed E-state index contributed by atoms with van der Waals surface area (Å²) in [6, 6.07) is 2.19. The van der Waals surface area contributed by atoms with Crippen LogP contribution in [0.5, 0.6) is 0 Å². The molecule has 1 N–H and O–H groups in total. The van der Waals surface area contributed by atoms with Gasteiger partial charge in [-0.3, -0.25) is 14.3 Å². The Labute approximate surface area is 148 Å². The number of aromatic nitrogens is 2. The normalized spacial score (nSPS) is 24.5. The molecule has 1 saturated carbocycles. The summed E-state index contributed by atoms with van der Waals surface area (Å²) in [5.74, 6) is -0.141. The molecule has 2 heterocycles. The number of morpholine rings is 1. The van der Waals surface area contributed by atoms with E-state index in [1.807, 2.05) is 19.9 Å². The van der Waals surface area contributed by atoms with Gasteiger partial charge in [0.05, 0.1) is 18.8 Å². The van der Waals surface area contributed by atoms with E-state index in [0.29, 0.717) is 13.2 Å². The highest BCUT2D eigenvalue weighted by Gasteiger charge is 2.41. The zero-order valence-corrected chi connectivity index (χ0v) is 15.4. The molecule has 1 aliphatic carbocycles. The predicted octanol–water partition coefficient (Wildman–Crippen LogP) is 1.18. The maximum absolute atomic E-state index is 12.7. The second kappa shape index (κ2) is 7.15. The van der Waals surface area contributed by atoms with Gasteiger partial charge in [0.15, 0.2) is 5.60 Å². The molecule has 0 aromatic carbocycles. The topological polar surface area (TPSA) is 76.5 Å². The van der Waals surface area contributed by atoms with Crippen LogP contribution in [0.1, 0.15) is 44.0 Å². The fourth-order valence-electron chi connectivity index (χ4n) is 3.69. The maximum atomic E-state index is 12.7. The molecule has 1 aromatic heterocycles. The van der Waals surface area contributed by atoms with Crippen molar-refractivity contribution in [1.82, 2.24) is 20.0 Å². The standard InChI is InChI=1S/C18H28N4O3/c1-13-10-14(2)22(20-13)11-16(23)21-8-9-25-18(3,12-21)17(24)19-15-6-4-5-7-15/h10,15H,4-9,11-12H2,1-3H3,(H,19,24)/t18-/m0/s1. The monoisotopic (exact) mass is 348 g/mol. The number of amides is 2. The highest BCUT2D eigenvalue weighted by Crippen LogP contribution is 2.22. The van der Waals surface area contributed by atoms with Gasteiger partial charge in [-0.2, -0.15) is 5.10 Å². The summed E-state index contributed by atoms with van der Waals surface area (Å²) in [4.78, 5) is 27.0. The molecule has 3 rings (SSSR count). The van der Waals surface area contributed by atoms with Crippen molar-refractivity contribution in [2.24, 2.45) is 0 Å². The first-order chi connectivity index (χ1) is 11.9. The van der Waals surface area contributed by atoms with E-state index < -0.39 is 5.60 Å². The molecule has 1 aromatic rings. The van der Waals surface area contributed by atoms with Crippen LogP contribution in [-0.4, -0.2) is 57.8 Å². The number of nitrogens with one attached hydrogen (secondary N) is 1. The van der Waals surface area contributed by atoms with Crippen molar-refractivity contribution >= 4 is 11.8 Å². The van der Waals surface area contributed by atoms with Crippen molar-refractivity contribution in [1.29, 1.82) is 0 Å². The zero-order valence-electron chi connectivity index (χ0n) is 15.4. The van der Waals surface area contributed by atoms with Gasteiger partial charge in [0.25, 0.3) is 5.91 Å². The highest BCUT2D eigenvalue weighted by molar-refractivity contribution is 5.86. The largest absolute Gasteiger partial charge is 0.362 e. The van der Waals surface area contributed by atoms with Crippen LogP contribution in [0, 0.1) is 13.8 Å². The Morgan fingerprint density at radius 2 is 2.08 bits per heavy atom. The number of carbonyl (C=O) groups is 2. The maximum Gasteiger partial charge on any atom is 0.254 e. The second-order valence-electron chi connectivity index (χ2n) is 7.43. The molecule has 7 nitrogen and oxygen atoms in total. The Hall–Kier alpha value is -1.89. The average Bonchev–Trinajstić information content (AvgIpc) is 3.17. The number of rotatable bonds is 4. The lowest BCUT2D eigenvalue weighted by Gasteiger charge is -2.39. The third-order valence-electron chi connectivity index (χ3n) is 5.19. The summed E-state index contributed by atoms with van der Waals surface area (Å²) in [7, 11) is 0. The first kappa shape index (κ1) is 17.9. The number of ether oxygens (including phenoxy) is 1. The summed E-state index contributed by atoms with van der Waals surface area (Å²) in [5.41, 5.74) is 0.875. The molecule has 0 radical (unpaired) electrons. The minimum Gasteiger partial charge on any atom is -0.362 e. The van der Waals surface area contributed by atoms with Crippen LogP contribution >= 0.6 is 0 Å². The van der Waals surface area contributed by atoms with Crippen molar-refractivity contribution < 1.29 is 14.3 Å². The molecule has 2 amide bonds. The minimum absolute atomic E-state index is 0.0330. The van der Waals surface area contributed by atoms with Gasteiger partial charge >= 0.3 is 0 Å². The molecule has 7 heteroatoms. The summed E-state index contributed by atoms with van der Waals surface area (Å²) in [6.07, 6.45) is 4.39. The lowest BCUT2D eigenvalue weighted by molar-refractivity contribution is -0.163. The van der Waals surface area contributed by atoms with Gasteiger partial charge in [-0.1, -0.05) is 12.8 Å². The summed E-state index contributed by atoms with van der Waals surface area (Å²) in [5, 5.41) is 7.43. The van der Waals surface area contributed by atoms with Gasteiger partial charge < -0.3 is 15.0 Å². The van der Waals surface area contributed by atoms with Crippen molar-refractivity contribution in [2.45, 2.75) is 64.6 Å². The smallest absolute Gasteiger partial charge is 0.254 e. The number of nitrogens with zero attached hydrogens (tertiary/aromatic N) is 3. The number of hydrogen-bond donors (Lipinski definition) is 1. The molecular weight excluding hydrogens is 320 g/mol. The Kier molecular flexibility index (Phi) is 5.13. The van der Waals surface area contributed by atoms with E-state index in [1.54, 1.807) is 16.5 Å². The van der Waals surface area contributed by atoms with Gasteiger partial charge in [-0.05, 0) is 39.7 Å². The second-order valence-corrected chi connectivity index (χ2v) is 7.43. The molecule has 0 bridgehead atoms. The van der Waals surface area contributed by atoms with E-state index in [0.717, 1.165) is 37.1 Å². The summed E-state index contributed by atoms with van der Waals surface area (Å²) >= 11 is 0. The minimum atomic E-state index is -0.981. The van der Waals surface area contributed by atoms with Crippen LogP contribution in [0.2, 0.25) is 0 Å². The van der Waals surface area contributed by atoms with Crippen molar-refractivity contribution in [3.05, 3.63) is 17.5 Å². The number of carbonyl (C=O) groups excluding carboxylic acids is 2. The molecule has 1 aliphatic heterocycles. The zero-order chi connectivity index (χ0) is 18.0. The van der Waals surface area contributed by atoms with Gasteiger partial charge in [-0.15, -0.1) is 0 Å². The third-order valence-corrected chi connectivity index (χ3v) is 5.19. The van der Waals surface area contributed by atoms with Crippen LogP contribution in [0.15, 0.2) is 6.07 Å². The van der Waals surface area contributed by atoms with Crippen molar-refractivity contribution in [2.75, 3.05) is 19.7 Å². The Morgan fingerprint density at radius 1 is 1.36 bits per heavy atom. The van der Waals surface area contributed by atoms with Crippen LogP contribution in [-0.2, 0) is 20.9 Å². The van der Waals surface area contributed by atoms with Gasteiger partial charge in [-0.25, -0.2) is 0 Å². The molecule has 0 spiro atoms. The molecule has 25 heavy (non-hydrogen) atoms. The van der Waals surface area contributed by atoms with Gasteiger partial charge in [0, 0.05) is 18.3 Å². The van der Waals surface area contributed by atoms with Crippen LogP contribution in [0.25, 0.3) is 0 Å². The van der Waals surface area contributed by atoms with Crippen molar-refractivity contribution in [3.63, 3.8) is 0 Å². The van der Waals surface area contributed by atoms with E-state index in [-0.39, 0.29) is 30.9 Å². The first-order valence-electron chi connectivity index (χ1n) is 9.11. The van der Waals surface area contributed by atoms with E-state index in [9.17, 15) is 9.59 Å². The van der Waals surface area contributed by atoms with Gasteiger partial charge in [0.2, 0.25) is 5.91 Å². The fourth-order valence-corrected chi connectivity index (χ4v) is 3.69. The van der Waals surface area contributed by atoms with Crippen LogP contribution in [0.3, 0.4) is 0 Å². The van der Waals surface area contributed by atoms with Crippen molar-refractivity contribution in [3.8, 4) is 0 Å². The Balaban J connectivity index is 1.62. The summed E-state index contributed by atoms with van der Waals surface area (Å²) in [6.45, 7) is 6.98. The third kappa shape index (κ3) is 4.03. The van der Waals surface area contributed by atoms with E-state index in [2.05, 4.69) is 10.4 Å². The molecule has 0 unspecified atom stereocenters. The average molecular weight is 348 g/mol. The highest BCUT2D eigenvalue weighted by atomic mass is 16.5. The van der Waals surface area contributed by atoms with Crippen LogP contribution in [0.4, 0.5) is 0 Å². The van der Waals surface area contributed by atoms with E-state index in [4.69, 9.17) is 4.74 Å². The Bertz CT molecular complexity index is 651. The molecule has 2 aliphatic rings. The molecule has 1 saturated heterocycles. The van der Waals surface area contributed by atoms with E-state index >= 15 is 0 Å². The molecule has 2 fully saturated rings. The van der Waals surface area contributed by atoms with Gasteiger partial charge in [0.1, 0.15) is 6.54 Å². The van der Waals surface area contributed by atoms with Crippen LogP contribution < -0.4 is 5.32 Å². The summed E-state index contributed by atoms with van der Waals surface area (Å²) < 4.78 is 7.48. The lowest BCUT2D eigenvalue weighted by Crippen LogP contribution is -2.60.